The topological polar surface area (TPSA) is 59.3 Å². The summed E-state index contributed by atoms with van der Waals surface area (Å²) < 4.78 is 2.87. The molecule has 1 N–H and O–H groups in total. The Labute approximate surface area is 180 Å². The van der Waals surface area contributed by atoms with Crippen LogP contribution >= 0.6 is 15.9 Å². The highest BCUT2D eigenvalue weighted by Gasteiger charge is 2.25. The van der Waals surface area contributed by atoms with Crippen molar-refractivity contribution in [3.8, 4) is 0 Å². The van der Waals surface area contributed by atoms with Crippen LogP contribution in [0.25, 0.3) is 5.65 Å². The molecule has 1 aliphatic rings. The third kappa shape index (κ3) is 4.08. The van der Waals surface area contributed by atoms with Crippen molar-refractivity contribution in [2.75, 3.05) is 0 Å². The number of nitrogens with one attached hydrogen (secondary N) is 1. The smallest absolute Gasteiger partial charge is 0.256 e. The largest absolute Gasteiger partial charge is 0.349 e. The van der Waals surface area contributed by atoms with Crippen molar-refractivity contribution in [3.05, 3.63) is 63.0 Å². The molecule has 2 aromatic heterocycles. The van der Waals surface area contributed by atoms with Crippen LogP contribution in [0.1, 0.15) is 65.5 Å². The quantitative estimate of drug-likeness (QED) is 0.602. The molecule has 2 heterocycles. The van der Waals surface area contributed by atoms with Crippen molar-refractivity contribution in [1.82, 2.24) is 19.9 Å². The maximum Gasteiger partial charge on any atom is 0.256 e. The van der Waals surface area contributed by atoms with Gasteiger partial charge in [0.05, 0.1) is 6.20 Å². The fraction of sp³-hybridized carbons (Fsp3) is 0.435. The van der Waals surface area contributed by atoms with E-state index in [4.69, 9.17) is 4.98 Å². The molecule has 0 spiro atoms. The van der Waals surface area contributed by atoms with E-state index in [1.54, 1.807) is 10.7 Å². The van der Waals surface area contributed by atoms with Crippen LogP contribution < -0.4 is 5.32 Å². The first-order chi connectivity index (χ1) is 13.9. The number of hydrogen-bond donors (Lipinski definition) is 1. The molecule has 3 aromatic rings. The minimum absolute atomic E-state index is 0.0650. The van der Waals surface area contributed by atoms with Crippen molar-refractivity contribution in [2.45, 2.75) is 58.9 Å². The molecule has 1 amide bonds. The number of halogens is 1. The maximum absolute atomic E-state index is 13.0. The second kappa shape index (κ2) is 8.27. The van der Waals surface area contributed by atoms with Crippen molar-refractivity contribution in [1.29, 1.82) is 0 Å². The highest BCUT2D eigenvalue weighted by atomic mass is 79.9. The number of benzene rings is 1. The summed E-state index contributed by atoms with van der Waals surface area (Å²) in [6.45, 7) is 6.28. The average molecular weight is 455 g/mol. The molecule has 5 nitrogen and oxygen atoms in total. The van der Waals surface area contributed by atoms with Gasteiger partial charge in [-0.05, 0) is 55.9 Å². The monoisotopic (exact) mass is 454 g/mol. The summed E-state index contributed by atoms with van der Waals surface area (Å²) in [5.74, 6) is 0.451. The van der Waals surface area contributed by atoms with Gasteiger partial charge in [0.1, 0.15) is 5.56 Å². The van der Waals surface area contributed by atoms with Crippen LogP contribution in [0.5, 0.6) is 0 Å². The predicted molar refractivity (Wildman–Crippen MR) is 118 cm³/mol. The van der Waals surface area contributed by atoms with E-state index >= 15 is 0 Å². The van der Waals surface area contributed by atoms with Gasteiger partial charge in [-0.1, -0.05) is 47.8 Å². The van der Waals surface area contributed by atoms with Crippen molar-refractivity contribution >= 4 is 27.5 Å². The van der Waals surface area contributed by atoms with Crippen LogP contribution in [-0.4, -0.2) is 26.5 Å². The Balaban J connectivity index is 1.64. The summed E-state index contributed by atoms with van der Waals surface area (Å²) in [6, 6.07) is 8.54. The van der Waals surface area contributed by atoms with E-state index in [0.29, 0.717) is 17.1 Å². The number of rotatable bonds is 4. The van der Waals surface area contributed by atoms with Crippen LogP contribution in [0, 0.1) is 19.8 Å². The Morgan fingerprint density at radius 2 is 2.07 bits per heavy atom. The highest BCUT2D eigenvalue weighted by molar-refractivity contribution is 9.10. The first-order valence-corrected chi connectivity index (χ1v) is 11.1. The van der Waals surface area contributed by atoms with E-state index in [0.717, 1.165) is 34.3 Å². The van der Waals surface area contributed by atoms with E-state index in [-0.39, 0.29) is 11.9 Å². The van der Waals surface area contributed by atoms with Gasteiger partial charge < -0.3 is 5.32 Å². The summed E-state index contributed by atoms with van der Waals surface area (Å²) >= 11 is 3.54. The van der Waals surface area contributed by atoms with Crippen molar-refractivity contribution < 1.29 is 4.79 Å². The molecule has 0 aliphatic heterocycles. The molecule has 0 bridgehead atoms. The van der Waals surface area contributed by atoms with Gasteiger partial charge >= 0.3 is 0 Å². The lowest BCUT2D eigenvalue weighted by Gasteiger charge is -2.29. The zero-order valence-electron chi connectivity index (χ0n) is 17.2. The van der Waals surface area contributed by atoms with E-state index in [9.17, 15) is 4.79 Å². The molecule has 1 aromatic carbocycles. The first-order valence-electron chi connectivity index (χ1n) is 10.3. The zero-order valence-corrected chi connectivity index (χ0v) is 18.8. The van der Waals surface area contributed by atoms with Crippen LogP contribution in [0.2, 0.25) is 0 Å². The number of amides is 1. The molecule has 0 radical (unpaired) electrons. The minimum Gasteiger partial charge on any atom is -0.349 e. The summed E-state index contributed by atoms with van der Waals surface area (Å²) in [5, 5.41) is 7.72. The first kappa shape index (κ1) is 20.1. The second-order valence-electron chi connectivity index (χ2n) is 8.20. The van der Waals surface area contributed by atoms with E-state index in [1.807, 2.05) is 26.0 Å². The van der Waals surface area contributed by atoms with Gasteiger partial charge in [-0.15, -0.1) is 0 Å². The molecule has 0 unspecified atom stereocenters. The van der Waals surface area contributed by atoms with Gasteiger partial charge in [0, 0.05) is 28.3 Å². The lowest BCUT2D eigenvalue weighted by molar-refractivity contribution is 0.0912. The van der Waals surface area contributed by atoms with Crippen LogP contribution in [0.4, 0.5) is 0 Å². The van der Waals surface area contributed by atoms with Gasteiger partial charge in [-0.25, -0.2) is 9.50 Å². The predicted octanol–water partition coefficient (Wildman–Crippen LogP) is 5.01. The molecule has 2 atom stereocenters. The molecule has 1 aliphatic carbocycles. The van der Waals surface area contributed by atoms with Crippen LogP contribution in [0.15, 0.2) is 34.9 Å². The molecular weight excluding hydrogens is 428 g/mol. The number of carbonyl (C=O) groups is 1. The molecule has 4 rings (SSSR count). The molecule has 1 saturated carbocycles. The van der Waals surface area contributed by atoms with Gasteiger partial charge in [0.2, 0.25) is 0 Å². The summed E-state index contributed by atoms with van der Waals surface area (Å²) in [4.78, 5) is 17.7. The number of hydrogen-bond acceptors (Lipinski definition) is 3. The fourth-order valence-corrected chi connectivity index (χ4v) is 4.80. The number of nitrogens with zero attached hydrogens (tertiary/aromatic N) is 3. The Morgan fingerprint density at radius 1 is 1.28 bits per heavy atom. The fourth-order valence-electron chi connectivity index (χ4n) is 4.35. The third-order valence-corrected chi connectivity index (χ3v) is 6.64. The number of fused-ring (bicyclic) bond motifs is 1. The van der Waals surface area contributed by atoms with E-state index < -0.39 is 0 Å². The third-order valence-electron chi connectivity index (χ3n) is 6.15. The van der Waals surface area contributed by atoms with Gasteiger partial charge in [-0.2, -0.15) is 5.10 Å². The van der Waals surface area contributed by atoms with Gasteiger partial charge in [0.15, 0.2) is 5.65 Å². The SMILES string of the molecule is Cc1nc2c(C(=O)N[C@H]3CCCC[C@@H]3C)cnn2c(C)c1Cc1cccc(Br)c1. The Kier molecular flexibility index (Phi) is 5.72. The molecule has 152 valence electrons. The van der Waals surface area contributed by atoms with Gasteiger partial charge in [-0.3, -0.25) is 4.79 Å². The summed E-state index contributed by atoms with van der Waals surface area (Å²) in [7, 11) is 0. The molecule has 29 heavy (non-hydrogen) atoms. The summed E-state index contributed by atoms with van der Waals surface area (Å²) in [6.07, 6.45) is 7.09. The lowest BCUT2D eigenvalue weighted by atomic mass is 9.86. The highest BCUT2D eigenvalue weighted by Crippen LogP contribution is 2.25. The molecule has 1 fully saturated rings. The van der Waals surface area contributed by atoms with Crippen LogP contribution in [0.3, 0.4) is 0 Å². The lowest BCUT2D eigenvalue weighted by Crippen LogP contribution is -2.41. The number of aromatic nitrogens is 3. The summed E-state index contributed by atoms with van der Waals surface area (Å²) in [5.41, 5.74) is 5.52. The normalized spacial score (nSPS) is 19.4. The Bertz CT molecular complexity index is 1060. The molecule has 6 heteroatoms. The van der Waals surface area contributed by atoms with E-state index in [1.165, 1.54) is 24.8 Å². The minimum atomic E-state index is -0.0650. The molecule has 0 saturated heterocycles. The second-order valence-corrected chi connectivity index (χ2v) is 9.12. The van der Waals surface area contributed by atoms with E-state index in [2.05, 4.69) is 45.4 Å². The number of aryl methyl sites for hydroxylation is 2. The van der Waals surface area contributed by atoms with Gasteiger partial charge in [0.25, 0.3) is 5.91 Å². The zero-order chi connectivity index (χ0) is 20.5. The van der Waals surface area contributed by atoms with Crippen molar-refractivity contribution in [3.63, 3.8) is 0 Å². The number of carbonyl (C=O) groups excluding carboxylic acids is 1. The molecular formula is C23H27BrN4O. The van der Waals surface area contributed by atoms with Crippen molar-refractivity contribution in [2.24, 2.45) is 5.92 Å². The maximum atomic E-state index is 13.0. The van der Waals surface area contributed by atoms with Crippen LogP contribution in [-0.2, 0) is 6.42 Å². The Morgan fingerprint density at radius 3 is 2.83 bits per heavy atom. The standard InChI is InChI=1S/C23H27BrN4O/c1-14-7-4-5-10-21(14)27-23(29)20-13-25-28-16(3)19(15(2)26-22(20)28)12-17-8-6-9-18(24)11-17/h6,8-9,11,13-14,21H,4-5,7,10,12H2,1-3H3,(H,27,29)/t14-,21-/m0/s1. The average Bonchev–Trinajstić information content (AvgIpc) is 3.11. The Hall–Kier alpha value is -2.21.